The maximum Gasteiger partial charge on any atom is 0.133 e. The van der Waals surface area contributed by atoms with Gasteiger partial charge in [0, 0.05) is 16.1 Å². The first-order chi connectivity index (χ1) is 10.1. The van der Waals surface area contributed by atoms with E-state index in [0.717, 1.165) is 29.4 Å². The van der Waals surface area contributed by atoms with E-state index >= 15 is 0 Å². The number of hydrogen-bond donors (Lipinski definition) is 1. The third-order valence-electron chi connectivity index (χ3n) is 4.06. The molecule has 4 nitrogen and oxygen atoms in total. The Kier molecular flexibility index (Phi) is 4.19. The molecular formula is C16H22N4S. The van der Waals surface area contributed by atoms with E-state index in [4.69, 9.17) is 0 Å². The molecule has 2 heterocycles. The highest BCUT2D eigenvalue weighted by Crippen LogP contribution is 2.30. The van der Waals surface area contributed by atoms with E-state index in [1.54, 1.807) is 17.7 Å². The summed E-state index contributed by atoms with van der Waals surface area (Å²) >= 11 is 1.77. The number of fused-ring (bicyclic) bond motifs is 1. The second-order valence-electron chi connectivity index (χ2n) is 5.76. The van der Waals surface area contributed by atoms with Gasteiger partial charge in [-0.3, -0.25) is 0 Å². The van der Waals surface area contributed by atoms with Crippen molar-refractivity contribution in [3.63, 3.8) is 0 Å². The van der Waals surface area contributed by atoms with Crippen molar-refractivity contribution in [2.45, 2.75) is 58.9 Å². The van der Waals surface area contributed by atoms with Crippen LogP contribution < -0.4 is 5.32 Å². The van der Waals surface area contributed by atoms with Crippen LogP contribution >= 0.6 is 11.3 Å². The molecule has 0 amide bonds. The second-order valence-corrected chi connectivity index (χ2v) is 6.99. The molecule has 0 spiro atoms. The van der Waals surface area contributed by atoms with Gasteiger partial charge in [0.15, 0.2) is 0 Å². The molecule has 1 aliphatic carbocycles. The Morgan fingerprint density at radius 1 is 1.14 bits per heavy atom. The summed E-state index contributed by atoms with van der Waals surface area (Å²) < 4.78 is 0. The minimum Gasteiger partial charge on any atom is -0.362 e. The fourth-order valence-electron chi connectivity index (χ4n) is 3.04. The third kappa shape index (κ3) is 3.07. The van der Waals surface area contributed by atoms with Gasteiger partial charge < -0.3 is 5.32 Å². The molecule has 21 heavy (non-hydrogen) atoms. The van der Waals surface area contributed by atoms with Gasteiger partial charge in [-0.2, -0.15) is 0 Å². The highest BCUT2D eigenvalue weighted by atomic mass is 32.1. The predicted molar refractivity (Wildman–Crippen MR) is 86.9 cm³/mol. The Labute approximate surface area is 130 Å². The van der Waals surface area contributed by atoms with E-state index in [1.807, 2.05) is 0 Å². The second kappa shape index (κ2) is 6.10. The number of rotatable bonds is 3. The minimum absolute atomic E-state index is 0.235. The number of aromatic nitrogens is 3. The molecular weight excluding hydrogens is 280 g/mol. The van der Waals surface area contributed by atoms with Crippen molar-refractivity contribution >= 4 is 17.2 Å². The molecule has 1 unspecified atom stereocenters. The molecule has 5 heteroatoms. The van der Waals surface area contributed by atoms with Gasteiger partial charge in [-0.1, -0.05) is 6.42 Å². The van der Waals surface area contributed by atoms with Crippen molar-refractivity contribution in [3.05, 3.63) is 33.2 Å². The van der Waals surface area contributed by atoms with Crippen molar-refractivity contribution in [2.24, 2.45) is 0 Å². The van der Waals surface area contributed by atoms with Gasteiger partial charge in [0.25, 0.3) is 0 Å². The van der Waals surface area contributed by atoms with Crippen LogP contribution in [0.15, 0.2) is 6.33 Å². The normalized spacial score (nSPS) is 16.1. The number of hydrogen-bond acceptors (Lipinski definition) is 5. The maximum absolute atomic E-state index is 4.52. The van der Waals surface area contributed by atoms with Crippen LogP contribution in [0.4, 0.5) is 5.82 Å². The van der Waals surface area contributed by atoms with Gasteiger partial charge in [-0.15, -0.1) is 11.3 Å². The smallest absolute Gasteiger partial charge is 0.133 e. The average molecular weight is 302 g/mol. The van der Waals surface area contributed by atoms with Crippen molar-refractivity contribution < 1.29 is 0 Å². The zero-order valence-electron chi connectivity index (χ0n) is 12.9. The third-order valence-corrected chi connectivity index (χ3v) is 5.32. The summed E-state index contributed by atoms with van der Waals surface area (Å²) in [5.74, 6) is 1.01. The Bertz CT molecular complexity index is 635. The summed E-state index contributed by atoms with van der Waals surface area (Å²) in [7, 11) is 0. The highest BCUT2D eigenvalue weighted by Gasteiger charge is 2.18. The van der Waals surface area contributed by atoms with Crippen molar-refractivity contribution in [1.82, 2.24) is 15.0 Å². The summed E-state index contributed by atoms with van der Waals surface area (Å²) in [6.45, 7) is 6.33. The molecule has 3 rings (SSSR count). The summed E-state index contributed by atoms with van der Waals surface area (Å²) in [6, 6.07) is 0.235. The molecule has 0 fully saturated rings. The van der Waals surface area contributed by atoms with E-state index in [1.165, 1.54) is 35.4 Å². The Balaban J connectivity index is 1.86. The van der Waals surface area contributed by atoms with Gasteiger partial charge in [0.2, 0.25) is 0 Å². The molecule has 0 aromatic carbocycles. The quantitative estimate of drug-likeness (QED) is 0.871. The highest BCUT2D eigenvalue weighted by molar-refractivity contribution is 7.11. The number of nitrogens with zero attached hydrogens (tertiary/aromatic N) is 3. The largest absolute Gasteiger partial charge is 0.362 e. The summed E-state index contributed by atoms with van der Waals surface area (Å²) in [6.07, 6.45) is 7.64. The topological polar surface area (TPSA) is 50.7 Å². The van der Waals surface area contributed by atoms with Crippen LogP contribution in [0.5, 0.6) is 0 Å². The summed E-state index contributed by atoms with van der Waals surface area (Å²) in [5.41, 5.74) is 3.67. The monoisotopic (exact) mass is 302 g/mol. The SMILES string of the molecule is Cc1nc(C)c(C(C)Nc2ncnc3c2CCCCC3)s1. The summed E-state index contributed by atoms with van der Waals surface area (Å²) in [4.78, 5) is 14.8. The zero-order valence-corrected chi connectivity index (χ0v) is 13.8. The van der Waals surface area contributed by atoms with Crippen LogP contribution in [0.25, 0.3) is 0 Å². The number of nitrogens with one attached hydrogen (secondary N) is 1. The average Bonchev–Trinajstić information content (AvgIpc) is 2.66. The molecule has 1 atom stereocenters. The lowest BCUT2D eigenvalue weighted by atomic mass is 10.1. The molecule has 2 aromatic rings. The van der Waals surface area contributed by atoms with Gasteiger partial charge >= 0.3 is 0 Å². The first kappa shape index (κ1) is 14.4. The standard InChI is InChI=1S/C16H22N4S/c1-10-15(21-12(3)19-10)11(2)20-16-13-7-5-4-6-8-14(13)17-9-18-16/h9,11H,4-8H2,1-3H3,(H,17,18,20). The van der Waals surface area contributed by atoms with Crippen LogP contribution in [0.1, 0.15) is 59.1 Å². The molecule has 0 saturated heterocycles. The molecule has 0 aliphatic heterocycles. The lowest BCUT2D eigenvalue weighted by Gasteiger charge is -2.17. The van der Waals surface area contributed by atoms with Crippen LogP contribution in [-0.4, -0.2) is 15.0 Å². The minimum atomic E-state index is 0.235. The molecule has 0 saturated carbocycles. The van der Waals surface area contributed by atoms with E-state index < -0.39 is 0 Å². The van der Waals surface area contributed by atoms with Crippen LogP contribution in [0.3, 0.4) is 0 Å². The summed E-state index contributed by atoms with van der Waals surface area (Å²) in [5, 5.41) is 4.71. The van der Waals surface area contributed by atoms with Gasteiger partial charge in [-0.25, -0.2) is 15.0 Å². The van der Waals surface area contributed by atoms with Gasteiger partial charge in [-0.05, 0) is 46.5 Å². The van der Waals surface area contributed by atoms with Crippen molar-refractivity contribution in [1.29, 1.82) is 0 Å². The molecule has 112 valence electrons. The molecule has 0 radical (unpaired) electrons. The van der Waals surface area contributed by atoms with Crippen LogP contribution in [-0.2, 0) is 12.8 Å². The van der Waals surface area contributed by atoms with E-state index in [2.05, 4.69) is 41.0 Å². The van der Waals surface area contributed by atoms with E-state index in [0.29, 0.717) is 0 Å². The molecule has 1 aliphatic rings. The van der Waals surface area contributed by atoms with Crippen LogP contribution in [0.2, 0.25) is 0 Å². The number of aryl methyl sites for hydroxylation is 3. The molecule has 1 N–H and O–H groups in total. The molecule has 0 bridgehead atoms. The number of thiazole rings is 1. The first-order valence-corrected chi connectivity index (χ1v) is 8.50. The number of anilines is 1. The fraction of sp³-hybridized carbons (Fsp3) is 0.562. The Morgan fingerprint density at radius 2 is 1.95 bits per heavy atom. The Hall–Kier alpha value is -1.49. The van der Waals surface area contributed by atoms with Gasteiger partial charge in [0.05, 0.1) is 16.7 Å². The predicted octanol–water partition coefficient (Wildman–Crippen LogP) is 3.99. The first-order valence-electron chi connectivity index (χ1n) is 7.68. The lowest BCUT2D eigenvalue weighted by Crippen LogP contribution is -2.11. The van der Waals surface area contributed by atoms with Gasteiger partial charge in [0.1, 0.15) is 12.1 Å². The van der Waals surface area contributed by atoms with Crippen molar-refractivity contribution in [3.8, 4) is 0 Å². The van der Waals surface area contributed by atoms with E-state index in [-0.39, 0.29) is 6.04 Å². The lowest BCUT2D eigenvalue weighted by molar-refractivity contribution is 0.708. The van der Waals surface area contributed by atoms with E-state index in [9.17, 15) is 0 Å². The fourth-order valence-corrected chi connectivity index (χ4v) is 3.97. The maximum atomic E-state index is 4.52. The zero-order chi connectivity index (χ0) is 14.8. The van der Waals surface area contributed by atoms with Crippen molar-refractivity contribution in [2.75, 3.05) is 5.32 Å². The van der Waals surface area contributed by atoms with Crippen LogP contribution in [0, 0.1) is 13.8 Å². The molecule has 2 aromatic heterocycles. The Morgan fingerprint density at radius 3 is 2.71 bits per heavy atom.